The van der Waals surface area contributed by atoms with Crippen molar-refractivity contribution < 1.29 is 19.1 Å². The summed E-state index contributed by atoms with van der Waals surface area (Å²) < 4.78 is 13.7. The van der Waals surface area contributed by atoms with Gasteiger partial charge >= 0.3 is 5.97 Å². The second-order valence-electron chi connectivity index (χ2n) is 5.39. The third-order valence-electron chi connectivity index (χ3n) is 3.12. The minimum atomic E-state index is -0.913. The Bertz CT molecular complexity index is 486. The highest BCUT2D eigenvalue weighted by atomic mass is 19.1. The molecule has 0 fully saturated rings. The summed E-state index contributed by atoms with van der Waals surface area (Å²) in [6.45, 7) is 4.01. The first-order chi connectivity index (χ1) is 9.33. The molecule has 0 aromatic heterocycles. The van der Waals surface area contributed by atoms with Crippen LogP contribution in [0.2, 0.25) is 0 Å². The largest absolute Gasteiger partial charge is 0.481 e. The second kappa shape index (κ2) is 7.03. The van der Waals surface area contributed by atoms with E-state index in [9.17, 15) is 14.0 Å². The van der Waals surface area contributed by atoms with Crippen LogP contribution in [-0.2, 0) is 15.0 Å². The van der Waals surface area contributed by atoms with Crippen LogP contribution in [0.25, 0.3) is 0 Å². The number of carbonyl (C=O) groups is 2. The van der Waals surface area contributed by atoms with Crippen LogP contribution in [0, 0.1) is 5.82 Å². The lowest BCUT2D eigenvalue weighted by Crippen LogP contribution is -2.37. The number of rotatable bonds is 7. The summed E-state index contributed by atoms with van der Waals surface area (Å²) in [7, 11) is 0. The van der Waals surface area contributed by atoms with Crippen molar-refractivity contribution in [3.05, 3.63) is 35.6 Å². The van der Waals surface area contributed by atoms with Crippen molar-refractivity contribution in [2.24, 2.45) is 0 Å². The molecule has 0 spiro atoms. The van der Waals surface area contributed by atoms with Crippen LogP contribution in [0.5, 0.6) is 0 Å². The summed E-state index contributed by atoms with van der Waals surface area (Å²) in [6.07, 6.45) is 0.449. The van der Waals surface area contributed by atoms with Gasteiger partial charge in [0, 0.05) is 24.8 Å². The quantitative estimate of drug-likeness (QED) is 0.807. The molecule has 110 valence electrons. The van der Waals surface area contributed by atoms with Gasteiger partial charge in [-0.05, 0) is 18.1 Å². The van der Waals surface area contributed by atoms with Crippen molar-refractivity contribution in [3.8, 4) is 0 Å². The first-order valence-electron chi connectivity index (χ1n) is 6.56. The summed E-state index contributed by atoms with van der Waals surface area (Å²) in [5, 5.41) is 11.2. The number of benzene rings is 1. The number of nitrogens with one attached hydrogen (secondary N) is 1. The van der Waals surface area contributed by atoms with Gasteiger partial charge in [-0.2, -0.15) is 0 Å². The van der Waals surface area contributed by atoms with Crippen molar-refractivity contribution in [1.29, 1.82) is 0 Å². The normalized spacial score (nSPS) is 11.2. The van der Waals surface area contributed by atoms with Crippen molar-refractivity contribution in [3.63, 3.8) is 0 Å². The van der Waals surface area contributed by atoms with Gasteiger partial charge in [0.25, 0.3) is 0 Å². The summed E-state index contributed by atoms with van der Waals surface area (Å²) >= 11 is 0. The third-order valence-corrected chi connectivity index (χ3v) is 3.12. The molecule has 1 amide bonds. The topological polar surface area (TPSA) is 66.4 Å². The number of carbonyl (C=O) groups excluding carboxylic acids is 1. The number of carboxylic acid groups (broad SMARTS) is 1. The van der Waals surface area contributed by atoms with Crippen molar-refractivity contribution in [1.82, 2.24) is 5.32 Å². The van der Waals surface area contributed by atoms with Gasteiger partial charge in [-0.25, -0.2) is 4.39 Å². The van der Waals surface area contributed by atoms with Crippen molar-refractivity contribution in [2.75, 3.05) is 6.54 Å². The summed E-state index contributed by atoms with van der Waals surface area (Å²) in [5.41, 5.74) is 0.0270. The second-order valence-corrected chi connectivity index (χ2v) is 5.39. The molecule has 0 bridgehead atoms. The zero-order chi connectivity index (χ0) is 15.2. The van der Waals surface area contributed by atoms with Crippen LogP contribution in [0.1, 0.15) is 38.7 Å². The molecular weight excluding hydrogens is 261 g/mol. The van der Waals surface area contributed by atoms with Gasteiger partial charge in [0.2, 0.25) is 5.91 Å². The first kappa shape index (κ1) is 16.1. The Morgan fingerprint density at radius 2 is 1.90 bits per heavy atom. The molecule has 0 aliphatic heterocycles. The number of carboxylic acids is 1. The Hall–Kier alpha value is -1.91. The zero-order valence-corrected chi connectivity index (χ0v) is 11.8. The fourth-order valence-electron chi connectivity index (χ4n) is 1.91. The molecule has 0 heterocycles. The predicted octanol–water partition coefficient (Wildman–Crippen LogP) is 2.47. The standard InChI is InChI=1S/C15H20FNO3/c1-15(2,11-6-3-4-7-12(11)16)10-17-13(18)8-5-9-14(19)20/h3-4,6-7H,5,8-10H2,1-2H3,(H,17,18)(H,19,20). The highest BCUT2D eigenvalue weighted by Crippen LogP contribution is 2.24. The molecule has 1 aromatic rings. The lowest BCUT2D eigenvalue weighted by atomic mass is 9.84. The average Bonchev–Trinajstić information content (AvgIpc) is 2.36. The van der Waals surface area contributed by atoms with E-state index in [0.717, 1.165) is 0 Å². The molecule has 0 aliphatic carbocycles. The lowest BCUT2D eigenvalue weighted by Gasteiger charge is -2.26. The van der Waals surface area contributed by atoms with E-state index in [-0.39, 0.29) is 24.6 Å². The molecule has 0 saturated heterocycles. The van der Waals surface area contributed by atoms with Crippen LogP contribution < -0.4 is 5.32 Å². The maximum atomic E-state index is 13.7. The van der Waals surface area contributed by atoms with Gasteiger partial charge in [0.15, 0.2) is 0 Å². The smallest absolute Gasteiger partial charge is 0.303 e. The van der Waals surface area contributed by atoms with Gasteiger partial charge in [0.1, 0.15) is 5.82 Å². The minimum Gasteiger partial charge on any atom is -0.481 e. The molecule has 0 unspecified atom stereocenters. The van der Waals surface area contributed by atoms with Gasteiger partial charge in [0.05, 0.1) is 0 Å². The number of hydrogen-bond donors (Lipinski definition) is 2. The maximum Gasteiger partial charge on any atom is 0.303 e. The zero-order valence-electron chi connectivity index (χ0n) is 11.8. The molecule has 0 radical (unpaired) electrons. The Balaban J connectivity index is 2.49. The summed E-state index contributed by atoms with van der Waals surface area (Å²) in [5.74, 6) is -1.42. The third kappa shape index (κ3) is 4.99. The van der Waals surface area contributed by atoms with E-state index in [0.29, 0.717) is 18.5 Å². The number of amides is 1. The van der Waals surface area contributed by atoms with Crippen LogP contribution in [0.15, 0.2) is 24.3 Å². The van der Waals surface area contributed by atoms with Gasteiger partial charge < -0.3 is 10.4 Å². The Kier molecular flexibility index (Phi) is 5.67. The molecule has 0 atom stereocenters. The van der Waals surface area contributed by atoms with Gasteiger partial charge in [-0.15, -0.1) is 0 Å². The van der Waals surface area contributed by atoms with E-state index in [1.807, 2.05) is 13.8 Å². The number of halogens is 1. The molecule has 0 aliphatic rings. The van der Waals surface area contributed by atoms with Crippen molar-refractivity contribution >= 4 is 11.9 Å². The molecule has 2 N–H and O–H groups in total. The minimum absolute atomic E-state index is 0.0237. The fourth-order valence-corrected chi connectivity index (χ4v) is 1.91. The van der Waals surface area contributed by atoms with Crippen molar-refractivity contribution in [2.45, 2.75) is 38.5 Å². The highest BCUT2D eigenvalue weighted by molar-refractivity contribution is 5.76. The summed E-state index contributed by atoms with van der Waals surface area (Å²) in [4.78, 5) is 21.9. The molecule has 5 heteroatoms. The van der Waals surface area contributed by atoms with Crippen LogP contribution in [0.3, 0.4) is 0 Å². The van der Waals surface area contributed by atoms with E-state index < -0.39 is 11.4 Å². The maximum absolute atomic E-state index is 13.7. The molecule has 1 rings (SSSR count). The Morgan fingerprint density at radius 1 is 1.25 bits per heavy atom. The summed E-state index contributed by atoms with van der Waals surface area (Å²) in [6, 6.07) is 6.48. The molecule has 1 aromatic carbocycles. The first-order valence-corrected chi connectivity index (χ1v) is 6.56. The van der Waals surface area contributed by atoms with E-state index in [1.54, 1.807) is 18.2 Å². The predicted molar refractivity (Wildman–Crippen MR) is 73.9 cm³/mol. The molecular formula is C15H20FNO3. The molecule has 20 heavy (non-hydrogen) atoms. The van der Waals surface area contributed by atoms with Crippen LogP contribution in [-0.4, -0.2) is 23.5 Å². The van der Waals surface area contributed by atoms with Gasteiger partial charge in [-0.1, -0.05) is 32.0 Å². The van der Waals surface area contributed by atoms with Gasteiger partial charge in [-0.3, -0.25) is 9.59 Å². The number of aliphatic carboxylic acids is 1. The average molecular weight is 281 g/mol. The molecule has 0 saturated carbocycles. The molecule has 4 nitrogen and oxygen atoms in total. The van der Waals surface area contributed by atoms with E-state index in [2.05, 4.69) is 5.32 Å². The van der Waals surface area contributed by atoms with E-state index >= 15 is 0 Å². The van der Waals surface area contributed by atoms with E-state index in [1.165, 1.54) is 6.07 Å². The van der Waals surface area contributed by atoms with E-state index in [4.69, 9.17) is 5.11 Å². The highest BCUT2D eigenvalue weighted by Gasteiger charge is 2.24. The number of hydrogen-bond acceptors (Lipinski definition) is 2. The monoisotopic (exact) mass is 281 g/mol. The Labute approximate surface area is 118 Å². The Morgan fingerprint density at radius 3 is 2.50 bits per heavy atom. The van der Waals surface area contributed by atoms with Crippen LogP contribution in [0.4, 0.5) is 4.39 Å². The fraction of sp³-hybridized carbons (Fsp3) is 0.467. The SMILES string of the molecule is CC(C)(CNC(=O)CCCC(=O)O)c1ccccc1F. The van der Waals surface area contributed by atoms with Crippen LogP contribution >= 0.6 is 0 Å². The lowest BCUT2D eigenvalue weighted by molar-refractivity contribution is -0.137.